The van der Waals surface area contributed by atoms with Crippen molar-refractivity contribution < 1.29 is 26.9 Å². The molecular weight excluding hydrogens is 414 g/mol. The molecule has 0 aromatic carbocycles. The highest BCUT2D eigenvalue weighted by atomic mass is 32.2. The summed E-state index contributed by atoms with van der Waals surface area (Å²) in [5, 5.41) is 0. The standard InChI is InChI=1S/C24H51NO5S/c1-4-7-10-12-16-25(17-13-11-8-5-2,18-14-15-24-31(26,27)28)19-21-30-23-22-29-20-9-6-3/h4-24H2,1-3H3/p+1. The number of rotatable bonds is 24. The first-order chi connectivity index (χ1) is 14.9. The number of quaternary nitrogens is 1. The third-order valence-corrected chi connectivity index (χ3v) is 6.79. The Balaban J connectivity index is 4.73. The van der Waals surface area contributed by atoms with Gasteiger partial charge in [0, 0.05) is 6.61 Å². The summed E-state index contributed by atoms with van der Waals surface area (Å²) in [7, 11) is -3.87. The number of unbranched alkanes of at least 4 members (excludes halogenated alkanes) is 8. The van der Waals surface area contributed by atoms with Crippen LogP contribution in [0.5, 0.6) is 0 Å². The lowest BCUT2D eigenvalue weighted by Crippen LogP contribution is -2.52. The molecule has 0 heterocycles. The lowest BCUT2D eigenvalue weighted by Gasteiger charge is -2.39. The van der Waals surface area contributed by atoms with Crippen LogP contribution < -0.4 is 0 Å². The van der Waals surface area contributed by atoms with E-state index in [0.717, 1.165) is 63.1 Å². The van der Waals surface area contributed by atoms with E-state index >= 15 is 0 Å². The Kier molecular flexibility index (Phi) is 20.3. The molecule has 0 radical (unpaired) electrons. The number of ether oxygens (including phenoxy) is 2. The molecule has 0 aliphatic carbocycles. The number of hydrogen-bond donors (Lipinski definition) is 1. The molecule has 1 N–H and O–H groups in total. The van der Waals surface area contributed by atoms with Gasteiger partial charge in [-0.05, 0) is 44.9 Å². The largest absolute Gasteiger partial charge is 0.379 e. The average molecular weight is 467 g/mol. The van der Waals surface area contributed by atoms with E-state index in [0.29, 0.717) is 19.6 Å². The topological polar surface area (TPSA) is 72.8 Å². The van der Waals surface area contributed by atoms with Crippen molar-refractivity contribution in [3.05, 3.63) is 0 Å². The predicted octanol–water partition coefficient (Wildman–Crippen LogP) is 5.47. The fourth-order valence-corrected chi connectivity index (χ4v) is 4.55. The van der Waals surface area contributed by atoms with Crippen molar-refractivity contribution in [3.8, 4) is 0 Å². The molecule has 0 atom stereocenters. The minimum atomic E-state index is -3.87. The number of hydrogen-bond acceptors (Lipinski definition) is 4. The van der Waals surface area contributed by atoms with Gasteiger partial charge in [0.05, 0.1) is 45.2 Å². The van der Waals surface area contributed by atoms with Crippen LogP contribution in [0.4, 0.5) is 0 Å². The zero-order valence-electron chi connectivity index (χ0n) is 20.8. The quantitative estimate of drug-likeness (QED) is 0.116. The first-order valence-corrected chi connectivity index (χ1v) is 14.5. The Labute approximate surface area is 193 Å². The summed E-state index contributed by atoms with van der Waals surface area (Å²) in [6.45, 7) is 13.6. The first kappa shape index (κ1) is 30.8. The molecule has 0 rings (SSSR count). The van der Waals surface area contributed by atoms with Crippen LogP contribution in [-0.2, 0) is 19.6 Å². The highest BCUT2D eigenvalue weighted by Gasteiger charge is 2.26. The second kappa shape index (κ2) is 20.4. The average Bonchev–Trinajstić information content (AvgIpc) is 2.73. The predicted molar refractivity (Wildman–Crippen MR) is 130 cm³/mol. The molecule has 0 saturated carbocycles. The Morgan fingerprint density at radius 1 is 0.581 bits per heavy atom. The smallest absolute Gasteiger partial charge is 0.264 e. The van der Waals surface area contributed by atoms with Gasteiger partial charge in [0.15, 0.2) is 0 Å². The third kappa shape index (κ3) is 20.1. The van der Waals surface area contributed by atoms with Crippen molar-refractivity contribution >= 4 is 10.1 Å². The summed E-state index contributed by atoms with van der Waals surface area (Å²) in [5.41, 5.74) is 0. The van der Waals surface area contributed by atoms with Gasteiger partial charge in [-0.1, -0.05) is 52.9 Å². The monoisotopic (exact) mass is 466 g/mol. The van der Waals surface area contributed by atoms with Crippen LogP contribution in [0.2, 0.25) is 0 Å². The third-order valence-electron chi connectivity index (χ3n) is 5.98. The van der Waals surface area contributed by atoms with E-state index in [9.17, 15) is 8.42 Å². The minimum Gasteiger partial charge on any atom is -0.379 e. The summed E-state index contributed by atoms with van der Waals surface area (Å²) < 4.78 is 43.8. The zero-order valence-corrected chi connectivity index (χ0v) is 21.6. The van der Waals surface area contributed by atoms with Crippen molar-refractivity contribution in [2.24, 2.45) is 0 Å². The van der Waals surface area contributed by atoms with E-state index in [4.69, 9.17) is 14.0 Å². The molecule has 0 amide bonds. The van der Waals surface area contributed by atoms with Crippen LogP contribution >= 0.6 is 0 Å². The SMILES string of the molecule is CCCCCC[N+](CCCCCC)(CCCCS(=O)(=O)O)CCOCCOCCCC. The fraction of sp³-hybridized carbons (Fsp3) is 1.00. The Bertz CT molecular complexity index is 472. The van der Waals surface area contributed by atoms with Gasteiger partial charge in [0.25, 0.3) is 10.1 Å². The van der Waals surface area contributed by atoms with E-state index in [2.05, 4.69) is 20.8 Å². The molecule has 0 unspecified atom stereocenters. The van der Waals surface area contributed by atoms with Crippen molar-refractivity contribution in [1.29, 1.82) is 0 Å². The van der Waals surface area contributed by atoms with Crippen LogP contribution in [0.15, 0.2) is 0 Å². The highest BCUT2D eigenvalue weighted by molar-refractivity contribution is 7.85. The zero-order chi connectivity index (χ0) is 23.3. The molecule has 0 aliphatic rings. The van der Waals surface area contributed by atoms with Crippen molar-refractivity contribution in [2.45, 2.75) is 97.8 Å². The minimum absolute atomic E-state index is 0.135. The maximum atomic E-state index is 11.1. The second-order valence-corrected chi connectivity index (χ2v) is 10.5. The summed E-state index contributed by atoms with van der Waals surface area (Å²) in [5.74, 6) is -0.135. The van der Waals surface area contributed by atoms with E-state index in [-0.39, 0.29) is 5.75 Å². The maximum Gasteiger partial charge on any atom is 0.264 e. The van der Waals surface area contributed by atoms with Crippen LogP contribution in [0, 0.1) is 0 Å². The summed E-state index contributed by atoms with van der Waals surface area (Å²) in [6, 6.07) is 0. The molecule has 31 heavy (non-hydrogen) atoms. The Hall–Kier alpha value is -0.210. The van der Waals surface area contributed by atoms with Crippen molar-refractivity contribution in [1.82, 2.24) is 0 Å². The van der Waals surface area contributed by atoms with Gasteiger partial charge < -0.3 is 14.0 Å². The molecule has 0 saturated heterocycles. The van der Waals surface area contributed by atoms with Crippen molar-refractivity contribution in [3.63, 3.8) is 0 Å². The lowest BCUT2D eigenvalue weighted by atomic mass is 10.1. The second-order valence-electron chi connectivity index (χ2n) is 8.93. The van der Waals surface area contributed by atoms with Gasteiger partial charge in [-0.2, -0.15) is 8.42 Å². The molecule has 0 spiro atoms. The van der Waals surface area contributed by atoms with E-state index in [1.54, 1.807) is 0 Å². The molecule has 188 valence electrons. The van der Waals surface area contributed by atoms with Gasteiger partial charge in [0.1, 0.15) is 6.54 Å². The summed E-state index contributed by atoms with van der Waals surface area (Å²) in [6.07, 6.45) is 13.5. The Morgan fingerprint density at radius 2 is 1.06 bits per heavy atom. The molecular formula is C24H52NO5S+. The van der Waals surface area contributed by atoms with Gasteiger partial charge in [0.2, 0.25) is 0 Å². The molecule has 0 aromatic rings. The normalized spacial score (nSPS) is 12.5. The van der Waals surface area contributed by atoms with Crippen LogP contribution in [0.1, 0.15) is 97.8 Å². The van der Waals surface area contributed by atoms with Crippen LogP contribution in [-0.4, -0.2) is 75.8 Å². The summed E-state index contributed by atoms with van der Waals surface area (Å²) >= 11 is 0. The fourth-order valence-electron chi connectivity index (χ4n) is 3.98. The van der Waals surface area contributed by atoms with E-state index < -0.39 is 10.1 Å². The molecule has 0 aromatic heterocycles. The maximum absolute atomic E-state index is 11.1. The Morgan fingerprint density at radius 3 is 1.55 bits per heavy atom. The lowest BCUT2D eigenvalue weighted by molar-refractivity contribution is -0.929. The molecule has 0 fully saturated rings. The molecule has 0 aliphatic heterocycles. The van der Waals surface area contributed by atoms with Gasteiger partial charge >= 0.3 is 0 Å². The van der Waals surface area contributed by atoms with Gasteiger partial charge in [-0.25, -0.2) is 0 Å². The first-order valence-electron chi connectivity index (χ1n) is 12.8. The van der Waals surface area contributed by atoms with Crippen molar-refractivity contribution in [2.75, 3.05) is 58.4 Å². The van der Waals surface area contributed by atoms with Gasteiger partial charge in [-0.3, -0.25) is 4.55 Å². The molecule has 7 heteroatoms. The van der Waals surface area contributed by atoms with Crippen LogP contribution in [0.3, 0.4) is 0 Å². The van der Waals surface area contributed by atoms with E-state index in [1.807, 2.05) is 0 Å². The number of nitrogens with zero attached hydrogens (tertiary/aromatic N) is 1. The van der Waals surface area contributed by atoms with Crippen LogP contribution in [0.25, 0.3) is 0 Å². The van der Waals surface area contributed by atoms with E-state index in [1.165, 1.54) is 51.4 Å². The van der Waals surface area contributed by atoms with Gasteiger partial charge in [-0.15, -0.1) is 0 Å². The summed E-state index contributed by atoms with van der Waals surface area (Å²) in [4.78, 5) is 0. The molecule has 0 bridgehead atoms. The molecule has 6 nitrogen and oxygen atoms in total. The highest BCUT2D eigenvalue weighted by Crippen LogP contribution is 2.17.